The number of amides is 1. The second-order valence-electron chi connectivity index (χ2n) is 4.05. The van der Waals surface area contributed by atoms with Crippen LogP contribution in [-0.4, -0.2) is 42.2 Å². The average molecular weight is 266 g/mol. The first-order valence-corrected chi connectivity index (χ1v) is 6.11. The number of hydrogen-bond acceptors (Lipinski definition) is 4. The van der Waals surface area contributed by atoms with Crippen molar-refractivity contribution in [3.8, 4) is 0 Å². The molecule has 0 fully saturated rings. The SMILES string of the molecule is COCCCCCNC(=O)c1ccc(C(=O)O)nc1. The number of nitrogens with zero attached hydrogens (tertiary/aromatic N) is 1. The average Bonchev–Trinajstić information content (AvgIpc) is 2.42. The first-order chi connectivity index (χ1) is 9.15. The van der Waals surface area contributed by atoms with Gasteiger partial charge in [0.1, 0.15) is 5.69 Å². The molecule has 1 aromatic heterocycles. The zero-order valence-electron chi connectivity index (χ0n) is 10.9. The number of aromatic nitrogens is 1. The predicted molar refractivity (Wildman–Crippen MR) is 69.3 cm³/mol. The van der Waals surface area contributed by atoms with Crippen molar-refractivity contribution in [3.05, 3.63) is 29.6 Å². The molecule has 2 N–H and O–H groups in total. The molecule has 0 aliphatic carbocycles. The second kappa shape index (κ2) is 8.20. The number of carboxylic acids is 1. The number of pyridine rings is 1. The van der Waals surface area contributed by atoms with Crippen LogP contribution < -0.4 is 5.32 Å². The van der Waals surface area contributed by atoms with Crippen LogP contribution >= 0.6 is 0 Å². The number of carbonyl (C=O) groups is 2. The summed E-state index contributed by atoms with van der Waals surface area (Å²) in [5.41, 5.74) is 0.290. The van der Waals surface area contributed by atoms with Crippen molar-refractivity contribution in [3.63, 3.8) is 0 Å². The molecular formula is C13H18N2O4. The molecule has 1 amide bonds. The van der Waals surface area contributed by atoms with E-state index >= 15 is 0 Å². The lowest BCUT2D eigenvalue weighted by Gasteiger charge is -2.05. The van der Waals surface area contributed by atoms with E-state index in [1.165, 1.54) is 18.3 Å². The van der Waals surface area contributed by atoms with Crippen molar-refractivity contribution in [2.24, 2.45) is 0 Å². The predicted octanol–water partition coefficient (Wildman–Crippen LogP) is 1.33. The number of aromatic carboxylic acids is 1. The zero-order valence-corrected chi connectivity index (χ0v) is 10.9. The molecule has 104 valence electrons. The molecule has 6 nitrogen and oxygen atoms in total. The minimum atomic E-state index is -1.11. The minimum absolute atomic E-state index is 0.0730. The lowest BCUT2D eigenvalue weighted by atomic mass is 10.2. The van der Waals surface area contributed by atoms with Gasteiger partial charge in [-0.25, -0.2) is 9.78 Å². The van der Waals surface area contributed by atoms with Gasteiger partial charge in [-0.3, -0.25) is 4.79 Å². The van der Waals surface area contributed by atoms with E-state index in [4.69, 9.17) is 9.84 Å². The number of rotatable bonds is 8. The van der Waals surface area contributed by atoms with Crippen molar-refractivity contribution >= 4 is 11.9 Å². The normalized spacial score (nSPS) is 10.2. The van der Waals surface area contributed by atoms with Crippen LogP contribution in [0.5, 0.6) is 0 Å². The molecule has 1 aromatic rings. The van der Waals surface area contributed by atoms with Gasteiger partial charge in [0, 0.05) is 26.5 Å². The number of ether oxygens (including phenoxy) is 1. The van der Waals surface area contributed by atoms with E-state index in [1.807, 2.05) is 0 Å². The molecular weight excluding hydrogens is 248 g/mol. The van der Waals surface area contributed by atoms with Crippen molar-refractivity contribution in [1.82, 2.24) is 10.3 Å². The topological polar surface area (TPSA) is 88.5 Å². The summed E-state index contributed by atoms with van der Waals surface area (Å²) in [6, 6.07) is 2.77. The highest BCUT2D eigenvalue weighted by Crippen LogP contribution is 2.01. The quantitative estimate of drug-likeness (QED) is 0.693. The third kappa shape index (κ3) is 5.48. The second-order valence-corrected chi connectivity index (χ2v) is 4.05. The Morgan fingerprint density at radius 1 is 1.32 bits per heavy atom. The number of carboxylic acid groups (broad SMARTS) is 1. The van der Waals surface area contributed by atoms with Gasteiger partial charge in [-0.1, -0.05) is 0 Å². The smallest absolute Gasteiger partial charge is 0.354 e. The van der Waals surface area contributed by atoms with Crippen LogP contribution in [-0.2, 0) is 4.74 Å². The molecule has 1 heterocycles. The molecule has 0 atom stereocenters. The Hall–Kier alpha value is -1.95. The molecule has 0 radical (unpaired) electrons. The molecule has 0 bridgehead atoms. The molecule has 0 aliphatic heterocycles. The summed E-state index contributed by atoms with van der Waals surface area (Å²) in [6.45, 7) is 1.32. The molecule has 0 spiro atoms. The van der Waals surface area contributed by atoms with Crippen LogP contribution in [0.4, 0.5) is 0 Å². The number of carbonyl (C=O) groups excluding carboxylic acids is 1. The monoisotopic (exact) mass is 266 g/mol. The van der Waals surface area contributed by atoms with Gasteiger partial charge in [0.05, 0.1) is 5.56 Å². The maximum Gasteiger partial charge on any atom is 0.354 e. The van der Waals surface area contributed by atoms with E-state index in [2.05, 4.69) is 10.3 Å². The van der Waals surface area contributed by atoms with Gasteiger partial charge in [0.15, 0.2) is 0 Å². The summed E-state index contributed by atoms with van der Waals surface area (Å²) in [5.74, 6) is -1.35. The highest BCUT2D eigenvalue weighted by atomic mass is 16.5. The van der Waals surface area contributed by atoms with E-state index in [0.717, 1.165) is 25.9 Å². The van der Waals surface area contributed by atoms with Crippen LogP contribution in [0.2, 0.25) is 0 Å². The van der Waals surface area contributed by atoms with Gasteiger partial charge in [0.2, 0.25) is 0 Å². The van der Waals surface area contributed by atoms with Gasteiger partial charge in [-0.15, -0.1) is 0 Å². The summed E-state index contributed by atoms with van der Waals surface area (Å²) in [6.07, 6.45) is 4.12. The first-order valence-electron chi connectivity index (χ1n) is 6.11. The van der Waals surface area contributed by atoms with E-state index in [-0.39, 0.29) is 11.6 Å². The molecule has 19 heavy (non-hydrogen) atoms. The number of methoxy groups -OCH3 is 1. The summed E-state index contributed by atoms with van der Waals surface area (Å²) in [5, 5.41) is 11.4. The summed E-state index contributed by atoms with van der Waals surface area (Å²) >= 11 is 0. The summed E-state index contributed by atoms with van der Waals surface area (Å²) < 4.78 is 4.93. The molecule has 6 heteroatoms. The third-order valence-corrected chi connectivity index (χ3v) is 2.56. The van der Waals surface area contributed by atoms with E-state index in [9.17, 15) is 9.59 Å². The lowest BCUT2D eigenvalue weighted by molar-refractivity contribution is 0.0689. The van der Waals surface area contributed by atoms with Crippen LogP contribution in [0.3, 0.4) is 0 Å². The van der Waals surface area contributed by atoms with E-state index in [1.54, 1.807) is 7.11 Å². The minimum Gasteiger partial charge on any atom is -0.477 e. The zero-order chi connectivity index (χ0) is 14.1. The number of nitrogens with one attached hydrogen (secondary N) is 1. The molecule has 0 unspecified atom stereocenters. The lowest BCUT2D eigenvalue weighted by Crippen LogP contribution is -2.24. The van der Waals surface area contributed by atoms with Crippen LogP contribution in [0.25, 0.3) is 0 Å². The highest BCUT2D eigenvalue weighted by Gasteiger charge is 2.08. The maximum atomic E-state index is 11.7. The standard InChI is InChI=1S/C13H18N2O4/c1-19-8-4-2-3-7-14-12(16)10-5-6-11(13(17)18)15-9-10/h5-6,9H,2-4,7-8H2,1H3,(H,14,16)(H,17,18). The Morgan fingerprint density at radius 2 is 2.11 bits per heavy atom. The van der Waals surface area contributed by atoms with Crippen LogP contribution in [0.15, 0.2) is 18.3 Å². The van der Waals surface area contributed by atoms with Crippen molar-refractivity contribution in [1.29, 1.82) is 0 Å². The Morgan fingerprint density at radius 3 is 2.68 bits per heavy atom. The summed E-state index contributed by atoms with van der Waals surface area (Å²) in [4.78, 5) is 26.0. The largest absolute Gasteiger partial charge is 0.477 e. The molecule has 0 saturated carbocycles. The molecule has 0 aromatic carbocycles. The Labute approximate surface area is 111 Å². The van der Waals surface area contributed by atoms with Gasteiger partial charge in [-0.05, 0) is 31.4 Å². The maximum absolute atomic E-state index is 11.7. The van der Waals surface area contributed by atoms with E-state index < -0.39 is 5.97 Å². The van der Waals surface area contributed by atoms with Crippen LogP contribution in [0, 0.1) is 0 Å². The molecule has 0 saturated heterocycles. The van der Waals surface area contributed by atoms with Crippen molar-refractivity contribution in [2.45, 2.75) is 19.3 Å². The van der Waals surface area contributed by atoms with Gasteiger partial charge >= 0.3 is 5.97 Å². The fourth-order valence-corrected chi connectivity index (χ4v) is 1.51. The number of unbranched alkanes of at least 4 members (excludes halogenated alkanes) is 2. The van der Waals surface area contributed by atoms with E-state index in [0.29, 0.717) is 12.1 Å². The van der Waals surface area contributed by atoms with Gasteiger partial charge < -0.3 is 15.2 Å². The van der Waals surface area contributed by atoms with Gasteiger partial charge in [-0.2, -0.15) is 0 Å². The van der Waals surface area contributed by atoms with Crippen molar-refractivity contribution in [2.75, 3.05) is 20.3 Å². The molecule has 1 rings (SSSR count). The van der Waals surface area contributed by atoms with Crippen LogP contribution in [0.1, 0.15) is 40.1 Å². The van der Waals surface area contributed by atoms with Crippen molar-refractivity contribution < 1.29 is 19.4 Å². The fraction of sp³-hybridized carbons (Fsp3) is 0.462. The fourth-order valence-electron chi connectivity index (χ4n) is 1.51. The first kappa shape index (κ1) is 15.1. The highest BCUT2D eigenvalue weighted by molar-refractivity contribution is 5.94. The third-order valence-electron chi connectivity index (χ3n) is 2.56. The Bertz CT molecular complexity index is 417. The Balaban J connectivity index is 2.31. The molecule has 0 aliphatic rings. The van der Waals surface area contributed by atoms with Gasteiger partial charge in [0.25, 0.3) is 5.91 Å². The summed E-state index contributed by atoms with van der Waals surface area (Å²) in [7, 11) is 1.66. The number of hydrogen-bond donors (Lipinski definition) is 2. The Kier molecular flexibility index (Phi) is 6.52.